The molecule has 0 spiro atoms. The zero-order chi connectivity index (χ0) is 53.0. The largest absolute Gasteiger partial charge is 0.480 e. The Morgan fingerprint density at radius 3 is 2.36 bits per heavy atom. The van der Waals surface area contributed by atoms with E-state index in [1.807, 2.05) is 32.9 Å². The standard InChI is InChI=1S/C55H81N3O14/c1-10-22-70-45-28-36(19-20-41(45)57-51(62)39-17-13-12-16-38(39)29-40(56)53(64)65)26-33(5)48-35(7)43(59)30-44(60)37(11-2)24-31(3)23-32(4)25-46(68-8)49-47(69-9)27-34(6)55(67,72-49)50(61)52(63)58-21-15-14-18-42(58)54(66)71-48/h10,12-13,16-17,24,26,32,34-37,40-43,45-49,59,67H,1,11,14-15,18-23,25,27-30,56H2,2-9H3,(H,57,62)(H,64,65)/t32?,34?,35?,36?,37?,40-,41?,42?,43?,45?,46?,47?,48?,49?,55?/m0/s1. The van der Waals surface area contributed by atoms with E-state index in [0.29, 0.717) is 68.1 Å². The second-order valence-corrected chi connectivity index (χ2v) is 20.9. The molecule has 1 aromatic rings. The van der Waals surface area contributed by atoms with Gasteiger partial charge in [0, 0.05) is 50.5 Å². The van der Waals surface area contributed by atoms with E-state index in [1.54, 1.807) is 51.1 Å². The molecule has 17 nitrogen and oxygen atoms in total. The van der Waals surface area contributed by atoms with Crippen LogP contribution in [0.4, 0.5) is 0 Å². The number of carboxylic acids is 1. The van der Waals surface area contributed by atoms with Crippen LogP contribution >= 0.6 is 0 Å². The third-order valence-electron chi connectivity index (χ3n) is 15.4. The van der Waals surface area contributed by atoms with Gasteiger partial charge in [0.15, 0.2) is 0 Å². The SMILES string of the molecule is C=CCOC1CC(C=C(C)C2OC(=O)C3CCCCN3C(=O)C(=O)C3(O)OC(C(OC)CC(C)CC(C)=CC(CC)C(=O)CC(O)C2C)C(OC)CC3C)CCC1NC(=O)c1ccccc1C[C@H](N)C(=O)O. The molecule has 3 fully saturated rings. The number of nitrogens with one attached hydrogen (secondary N) is 1. The molecule has 72 heavy (non-hydrogen) atoms. The first-order valence-electron chi connectivity index (χ1n) is 25.8. The number of methoxy groups -OCH3 is 2. The number of aliphatic hydroxyl groups excluding tert-OH is 1. The molecule has 6 N–H and O–H groups in total. The summed E-state index contributed by atoms with van der Waals surface area (Å²) in [4.78, 5) is 84.0. The number of nitrogens with zero attached hydrogens (tertiary/aromatic N) is 1. The van der Waals surface area contributed by atoms with E-state index in [-0.39, 0.29) is 56.5 Å². The quantitative estimate of drug-likeness (QED) is 0.0940. The molecule has 14 unspecified atom stereocenters. The van der Waals surface area contributed by atoms with Gasteiger partial charge in [-0.3, -0.25) is 24.0 Å². The predicted molar refractivity (Wildman–Crippen MR) is 268 cm³/mol. The number of Topliss-reactive ketones (excluding diaryl/α,β-unsaturated/α-hetero) is 2. The van der Waals surface area contributed by atoms with Crippen LogP contribution in [-0.2, 0) is 54.1 Å². The number of fused-ring (bicyclic) bond motifs is 3. The fourth-order valence-electron chi connectivity index (χ4n) is 11.2. The molecule has 1 saturated carbocycles. The first-order chi connectivity index (χ1) is 34.2. The van der Waals surface area contributed by atoms with Gasteiger partial charge in [-0.05, 0) is 114 Å². The molecule has 17 heteroatoms. The lowest BCUT2D eigenvalue weighted by Crippen LogP contribution is -2.64. The minimum Gasteiger partial charge on any atom is -0.480 e. The van der Waals surface area contributed by atoms with Crippen molar-refractivity contribution < 1.29 is 67.8 Å². The maximum atomic E-state index is 14.6. The third kappa shape index (κ3) is 14.4. The number of hydrogen-bond donors (Lipinski definition) is 5. The smallest absolute Gasteiger partial charge is 0.329 e. The van der Waals surface area contributed by atoms with Gasteiger partial charge in [0.2, 0.25) is 5.79 Å². The predicted octanol–water partition coefficient (Wildman–Crippen LogP) is 5.42. The van der Waals surface area contributed by atoms with Gasteiger partial charge in [-0.15, -0.1) is 6.58 Å². The molecule has 0 radical (unpaired) electrons. The average Bonchev–Trinajstić information content (AvgIpc) is 3.35. The van der Waals surface area contributed by atoms with Crippen LogP contribution in [0.5, 0.6) is 0 Å². The number of amides is 2. The van der Waals surface area contributed by atoms with Gasteiger partial charge in [0.25, 0.3) is 17.6 Å². The summed E-state index contributed by atoms with van der Waals surface area (Å²) in [7, 11) is 3.04. The van der Waals surface area contributed by atoms with E-state index in [9.17, 15) is 44.1 Å². The summed E-state index contributed by atoms with van der Waals surface area (Å²) in [6, 6.07) is 3.89. The van der Waals surface area contributed by atoms with Crippen molar-refractivity contribution in [3.63, 3.8) is 0 Å². The Kier molecular flexibility index (Phi) is 21.5. The highest BCUT2D eigenvalue weighted by atomic mass is 16.7. The maximum Gasteiger partial charge on any atom is 0.329 e. The van der Waals surface area contributed by atoms with Crippen molar-refractivity contribution in [3.8, 4) is 0 Å². The number of piperidine rings is 1. The normalized spacial score (nSPS) is 34.4. The van der Waals surface area contributed by atoms with Gasteiger partial charge in [-0.25, -0.2) is 4.79 Å². The van der Waals surface area contributed by atoms with Gasteiger partial charge >= 0.3 is 11.9 Å². The number of hydrogen-bond acceptors (Lipinski definition) is 14. The van der Waals surface area contributed by atoms with Crippen molar-refractivity contribution in [1.82, 2.24) is 10.2 Å². The monoisotopic (exact) mass is 1010 g/mol. The van der Waals surface area contributed by atoms with Gasteiger partial charge in [-0.1, -0.05) is 69.7 Å². The van der Waals surface area contributed by atoms with Gasteiger partial charge in [-0.2, -0.15) is 0 Å². The molecule has 5 rings (SSSR count). The Balaban J connectivity index is 1.48. The average molecular weight is 1010 g/mol. The number of ketones is 2. The van der Waals surface area contributed by atoms with Crippen LogP contribution in [0.1, 0.15) is 128 Å². The molecule has 2 saturated heterocycles. The highest BCUT2D eigenvalue weighted by molar-refractivity contribution is 6.39. The van der Waals surface area contributed by atoms with Gasteiger partial charge in [0.05, 0.1) is 37.1 Å². The number of rotatable bonds is 13. The summed E-state index contributed by atoms with van der Waals surface area (Å²) in [5.41, 5.74) is 8.19. The number of aliphatic carboxylic acids is 1. The van der Waals surface area contributed by atoms with Gasteiger partial charge < -0.3 is 55.0 Å². The van der Waals surface area contributed by atoms with E-state index in [4.69, 9.17) is 29.4 Å². The molecular weight excluding hydrogens is 927 g/mol. The Morgan fingerprint density at radius 2 is 1.69 bits per heavy atom. The minimum atomic E-state index is -2.55. The molecule has 15 atom stereocenters. The number of nitrogens with two attached hydrogens (primary N) is 1. The lowest BCUT2D eigenvalue weighted by molar-refractivity contribution is -0.302. The summed E-state index contributed by atoms with van der Waals surface area (Å²) in [5, 5.41) is 36.6. The Labute approximate surface area is 425 Å². The highest BCUT2D eigenvalue weighted by Gasteiger charge is 2.56. The first-order valence-corrected chi connectivity index (χ1v) is 25.8. The second kappa shape index (κ2) is 26.5. The number of carbonyl (C=O) groups is 6. The Hall–Kier alpha value is -4.62. The molecule has 2 amide bonds. The number of allylic oxidation sites excluding steroid dienone is 3. The van der Waals surface area contributed by atoms with Crippen molar-refractivity contribution in [2.75, 3.05) is 27.4 Å². The Morgan fingerprint density at radius 1 is 1.00 bits per heavy atom. The Bertz CT molecular complexity index is 2140. The van der Waals surface area contributed by atoms with Crippen LogP contribution < -0.4 is 11.1 Å². The van der Waals surface area contributed by atoms with E-state index in [1.165, 1.54) is 14.2 Å². The van der Waals surface area contributed by atoms with Crippen LogP contribution in [0.3, 0.4) is 0 Å². The lowest BCUT2D eigenvalue weighted by atomic mass is 9.80. The molecule has 400 valence electrons. The topological polar surface area (TPSA) is 251 Å². The van der Waals surface area contributed by atoms with Crippen LogP contribution in [0.15, 0.2) is 60.2 Å². The molecule has 4 aliphatic rings. The number of carboxylic acid groups (broad SMARTS) is 1. The van der Waals surface area contributed by atoms with Crippen LogP contribution in [0, 0.1) is 29.6 Å². The van der Waals surface area contributed by atoms with Crippen molar-refractivity contribution in [2.45, 2.75) is 179 Å². The minimum absolute atomic E-state index is 0.00545. The molecule has 3 aliphatic heterocycles. The second-order valence-electron chi connectivity index (χ2n) is 20.9. The number of aliphatic hydroxyl groups is 2. The fraction of sp³-hybridized carbons (Fsp3) is 0.673. The summed E-state index contributed by atoms with van der Waals surface area (Å²) in [5.74, 6) is -9.71. The summed E-state index contributed by atoms with van der Waals surface area (Å²) in [6.07, 6.45) is 4.75. The van der Waals surface area contributed by atoms with E-state index >= 15 is 0 Å². The first kappa shape index (κ1) is 58.3. The van der Waals surface area contributed by atoms with Crippen LogP contribution in [0.25, 0.3) is 0 Å². The summed E-state index contributed by atoms with van der Waals surface area (Å²) < 4.78 is 30.7. The van der Waals surface area contributed by atoms with Crippen molar-refractivity contribution in [1.29, 1.82) is 0 Å². The number of cyclic esters (lactones) is 1. The number of esters is 1. The van der Waals surface area contributed by atoms with E-state index in [2.05, 4.69) is 11.9 Å². The number of ether oxygens (including phenoxy) is 5. The molecule has 0 aromatic heterocycles. The van der Waals surface area contributed by atoms with Crippen LogP contribution in [0.2, 0.25) is 0 Å². The zero-order valence-corrected chi connectivity index (χ0v) is 43.6. The zero-order valence-electron chi connectivity index (χ0n) is 43.6. The highest BCUT2D eigenvalue weighted by Crippen LogP contribution is 2.39. The van der Waals surface area contributed by atoms with Crippen molar-refractivity contribution >= 4 is 35.3 Å². The molecule has 1 aromatic carbocycles. The summed E-state index contributed by atoms with van der Waals surface area (Å²) >= 11 is 0. The third-order valence-corrected chi connectivity index (χ3v) is 15.4. The fourth-order valence-corrected chi connectivity index (χ4v) is 11.2. The van der Waals surface area contributed by atoms with Crippen molar-refractivity contribution in [3.05, 3.63) is 71.3 Å². The summed E-state index contributed by atoms with van der Waals surface area (Å²) in [6.45, 7) is 15.1. The lowest BCUT2D eigenvalue weighted by Gasteiger charge is -2.47. The maximum absolute atomic E-state index is 14.6. The van der Waals surface area contributed by atoms with Crippen LogP contribution in [-0.4, -0.2) is 143 Å². The van der Waals surface area contributed by atoms with Gasteiger partial charge in [0.1, 0.15) is 30.1 Å². The molecule has 2 bridgehead atoms. The molecule has 1 aliphatic carbocycles. The number of benzene rings is 1. The van der Waals surface area contributed by atoms with E-state index in [0.717, 1.165) is 10.5 Å². The number of carbonyl (C=O) groups excluding carboxylic acids is 5. The molecular formula is C55H81N3O14. The molecule has 3 heterocycles. The van der Waals surface area contributed by atoms with E-state index < -0.39 is 108 Å². The van der Waals surface area contributed by atoms with Crippen molar-refractivity contribution in [2.24, 2.45) is 35.3 Å².